The van der Waals surface area contributed by atoms with Crippen LogP contribution in [-0.4, -0.2) is 13.3 Å². The van der Waals surface area contributed by atoms with E-state index in [-0.39, 0.29) is 0 Å². The van der Waals surface area contributed by atoms with E-state index in [4.69, 9.17) is 21.7 Å². The van der Waals surface area contributed by atoms with Crippen LogP contribution in [0.3, 0.4) is 0 Å². The topological polar surface area (TPSA) is 97.3 Å². The van der Waals surface area contributed by atoms with Crippen LogP contribution in [0.4, 0.5) is 0 Å². The first-order chi connectivity index (χ1) is 3.15. The van der Waals surface area contributed by atoms with Gasteiger partial charge < -0.3 is 9.11 Å². The van der Waals surface area contributed by atoms with Crippen molar-refractivity contribution < 1.29 is 21.7 Å². The van der Waals surface area contributed by atoms with E-state index in [2.05, 4.69) is 0 Å². The number of hydrogen-bond donors (Lipinski definition) is 0. The van der Waals surface area contributed by atoms with Crippen LogP contribution in [0, 0.1) is 0 Å². The summed E-state index contributed by atoms with van der Waals surface area (Å²) in [6.07, 6.45) is 0. The summed E-state index contributed by atoms with van der Waals surface area (Å²) in [4.78, 5) is 0. The van der Waals surface area contributed by atoms with Crippen LogP contribution in [0.1, 0.15) is 0 Å². The average molecular weight is 144 g/mol. The first-order valence-electron chi connectivity index (χ1n) is 0.833. The van der Waals surface area contributed by atoms with Gasteiger partial charge in [-0.05, 0) is 0 Å². The summed E-state index contributed by atoms with van der Waals surface area (Å²) in [6, 6.07) is 0. The SMILES string of the molecule is O=S([O-])[O-].O=[S+2]=O. The minimum absolute atomic E-state index is 0.750. The van der Waals surface area contributed by atoms with Crippen molar-refractivity contribution in [1.82, 2.24) is 0 Å². The average Bonchev–Trinajstić information content (AvgIpc) is 1.33. The first-order valence-corrected chi connectivity index (χ1v) is 2.50. The molecule has 0 unspecified atom stereocenters. The maximum atomic E-state index is 8.44. The molecular formula is O5S2. The molecule has 7 heteroatoms. The predicted octanol–water partition coefficient (Wildman–Crippen LogP) is -1.24. The Morgan fingerprint density at radius 3 is 1.29 bits per heavy atom. The number of rotatable bonds is 0. The van der Waals surface area contributed by atoms with Crippen molar-refractivity contribution in [3.8, 4) is 0 Å². The van der Waals surface area contributed by atoms with Gasteiger partial charge in [0.2, 0.25) is 0 Å². The van der Waals surface area contributed by atoms with Gasteiger partial charge in [-0.25, -0.2) is 0 Å². The molecule has 0 aliphatic rings. The van der Waals surface area contributed by atoms with Crippen molar-refractivity contribution in [3.63, 3.8) is 0 Å². The molecule has 0 bridgehead atoms. The Morgan fingerprint density at radius 2 is 1.29 bits per heavy atom. The van der Waals surface area contributed by atoms with Crippen molar-refractivity contribution in [2.45, 2.75) is 0 Å². The fourth-order valence-corrected chi connectivity index (χ4v) is 0. The van der Waals surface area contributed by atoms with E-state index in [1.54, 1.807) is 0 Å². The summed E-state index contributed by atoms with van der Waals surface area (Å²) >= 11 is -3.86. The molecule has 42 valence electrons. The fourth-order valence-electron chi connectivity index (χ4n) is 0. The molecule has 0 rings (SSSR count). The Morgan fingerprint density at radius 1 is 1.29 bits per heavy atom. The van der Waals surface area contributed by atoms with Gasteiger partial charge in [-0.1, -0.05) is 0 Å². The second-order valence-electron chi connectivity index (χ2n) is 0.272. The van der Waals surface area contributed by atoms with Gasteiger partial charge in [0.05, 0.1) is 0 Å². The Labute approximate surface area is 45.5 Å². The molecule has 5 nitrogen and oxygen atoms in total. The zero-order chi connectivity index (χ0) is 6.28. The summed E-state index contributed by atoms with van der Waals surface area (Å²) in [5.74, 6) is 0. The van der Waals surface area contributed by atoms with Gasteiger partial charge >= 0.3 is 20.0 Å². The standard InChI is InChI=1S/H2O3S.O2S/c1-4(2)3;1-3-2/h(H2,1,2,3);/q;+2/p-2. The van der Waals surface area contributed by atoms with Gasteiger partial charge in [-0.15, -0.1) is 11.4 Å². The van der Waals surface area contributed by atoms with Crippen LogP contribution in [0.25, 0.3) is 0 Å². The Hall–Kier alpha value is 0.0200. The molecule has 0 heterocycles. The number of hydrogen-bond acceptors (Lipinski definition) is 5. The molecule has 7 heavy (non-hydrogen) atoms. The van der Waals surface area contributed by atoms with Crippen LogP contribution in [-0.2, 0) is 31.4 Å². The summed E-state index contributed by atoms with van der Waals surface area (Å²) in [5, 5.41) is 0. The van der Waals surface area contributed by atoms with E-state index in [0.29, 0.717) is 0 Å². The molecule has 0 aromatic rings. The molecular weight excluding hydrogens is 144 g/mol. The fraction of sp³-hybridized carbons (Fsp3) is 0. The quantitative estimate of drug-likeness (QED) is 0.396. The molecule has 0 fully saturated rings. The van der Waals surface area contributed by atoms with E-state index in [0.717, 1.165) is 0 Å². The zero-order valence-corrected chi connectivity index (χ0v) is 4.49. The molecule has 0 aromatic heterocycles. The van der Waals surface area contributed by atoms with Crippen molar-refractivity contribution in [2.75, 3.05) is 0 Å². The second-order valence-corrected chi connectivity index (χ2v) is 0.816. The van der Waals surface area contributed by atoms with Gasteiger partial charge in [-0.3, -0.25) is 4.21 Å². The van der Waals surface area contributed by atoms with Gasteiger partial charge in [0.15, 0.2) is 0 Å². The Balaban J connectivity index is 0. The van der Waals surface area contributed by atoms with Gasteiger partial charge in [-0.2, -0.15) is 0 Å². The molecule has 0 amide bonds. The molecule has 0 saturated heterocycles. The first kappa shape index (κ1) is 10.1. The van der Waals surface area contributed by atoms with Crippen LogP contribution in [0.15, 0.2) is 0 Å². The third-order valence-electron chi connectivity index (χ3n) is 0. The second kappa shape index (κ2) is 9.39. The normalized spacial score (nSPS) is 6.14. The third-order valence-corrected chi connectivity index (χ3v) is 0. The Kier molecular flexibility index (Phi) is 13.5. The molecule has 0 aromatic carbocycles. The summed E-state index contributed by atoms with van der Waals surface area (Å²) in [6.45, 7) is 0. The van der Waals surface area contributed by atoms with Crippen LogP contribution < -0.4 is 0 Å². The van der Waals surface area contributed by atoms with E-state index in [1.807, 2.05) is 0 Å². The van der Waals surface area contributed by atoms with Crippen molar-refractivity contribution in [1.29, 1.82) is 0 Å². The zero-order valence-electron chi connectivity index (χ0n) is 2.86. The molecule has 0 N–H and O–H groups in total. The van der Waals surface area contributed by atoms with E-state index in [9.17, 15) is 0 Å². The predicted molar refractivity (Wildman–Crippen MR) is 18.4 cm³/mol. The van der Waals surface area contributed by atoms with Crippen LogP contribution in [0.5, 0.6) is 0 Å². The molecule has 0 atom stereocenters. The summed E-state index contributed by atoms with van der Waals surface area (Å²) < 4.78 is 41.9. The van der Waals surface area contributed by atoms with Crippen LogP contribution in [0.2, 0.25) is 0 Å². The third kappa shape index (κ3) is 243000. The van der Waals surface area contributed by atoms with Crippen molar-refractivity contribution in [3.05, 3.63) is 0 Å². The minimum atomic E-state index is -3.11. The molecule has 0 radical (unpaired) electrons. The monoisotopic (exact) mass is 144 g/mol. The van der Waals surface area contributed by atoms with Gasteiger partial charge in [0.1, 0.15) is 0 Å². The van der Waals surface area contributed by atoms with E-state index >= 15 is 0 Å². The van der Waals surface area contributed by atoms with E-state index < -0.39 is 22.9 Å². The molecule has 0 saturated carbocycles. The van der Waals surface area contributed by atoms with Gasteiger partial charge in [0, 0.05) is 0 Å². The van der Waals surface area contributed by atoms with Gasteiger partial charge in [0.25, 0.3) is 0 Å². The Bertz CT molecular complexity index is 74.1. The summed E-state index contributed by atoms with van der Waals surface area (Å²) in [7, 11) is 0. The summed E-state index contributed by atoms with van der Waals surface area (Å²) in [5.41, 5.74) is 0. The maximum absolute atomic E-state index is 8.44. The molecule has 0 spiro atoms. The van der Waals surface area contributed by atoms with Crippen molar-refractivity contribution >= 4 is 22.9 Å². The van der Waals surface area contributed by atoms with E-state index in [1.165, 1.54) is 0 Å². The van der Waals surface area contributed by atoms with Crippen molar-refractivity contribution in [2.24, 2.45) is 0 Å². The molecule has 0 aliphatic carbocycles. The molecule has 0 aliphatic heterocycles. The van der Waals surface area contributed by atoms with Crippen LogP contribution >= 0.6 is 0 Å².